The Hall–Kier alpha value is -1.55. The lowest BCUT2D eigenvalue weighted by Crippen LogP contribution is -2.10. The van der Waals surface area contributed by atoms with Crippen molar-refractivity contribution in [3.05, 3.63) is 29.8 Å². The smallest absolute Gasteiger partial charge is 0.341 e. The lowest BCUT2D eigenvalue weighted by Gasteiger charge is -2.08. The van der Waals surface area contributed by atoms with E-state index in [4.69, 9.17) is 15.6 Å². The van der Waals surface area contributed by atoms with Crippen LogP contribution in [0.5, 0.6) is 5.75 Å². The van der Waals surface area contributed by atoms with Crippen molar-refractivity contribution in [3.63, 3.8) is 0 Å². The van der Waals surface area contributed by atoms with Gasteiger partial charge in [-0.3, -0.25) is 0 Å². The van der Waals surface area contributed by atoms with Crippen molar-refractivity contribution in [3.8, 4) is 5.75 Å². The van der Waals surface area contributed by atoms with Crippen LogP contribution in [-0.2, 0) is 4.79 Å². The third kappa shape index (κ3) is 3.06. The third-order valence-electron chi connectivity index (χ3n) is 1.75. The molecule has 0 aromatic heterocycles. The maximum atomic E-state index is 10.2. The molecule has 4 nitrogen and oxygen atoms in total. The molecule has 0 saturated heterocycles. The maximum Gasteiger partial charge on any atom is 0.341 e. The minimum absolute atomic E-state index is 0.0802. The molecule has 0 radical (unpaired) electrons. The van der Waals surface area contributed by atoms with Crippen molar-refractivity contribution in [2.24, 2.45) is 5.73 Å². The van der Waals surface area contributed by atoms with Gasteiger partial charge in [-0.25, -0.2) is 4.79 Å². The predicted molar refractivity (Wildman–Crippen MR) is 52.2 cm³/mol. The second-order valence-corrected chi connectivity index (χ2v) is 3.04. The van der Waals surface area contributed by atoms with E-state index in [1.807, 2.05) is 13.0 Å². The monoisotopic (exact) mass is 195 g/mol. The number of hydrogen-bond donors (Lipinski definition) is 2. The Bertz CT molecular complexity index is 323. The Kier molecular flexibility index (Phi) is 3.48. The number of ether oxygens (including phenoxy) is 1. The van der Waals surface area contributed by atoms with E-state index in [-0.39, 0.29) is 12.6 Å². The Morgan fingerprint density at radius 3 is 2.93 bits per heavy atom. The fourth-order valence-corrected chi connectivity index (χ4v) is 1.03. The van der Waals surface area contributed by atoms with Crippen LogP contribution in [0.3, 0.4) is 0 Å². The highest BCUT2D eigenvalue weighted by molar-refractivity contribution is 5.68. The molecule has 1 rings (SSSR count). The topological polar surface area (TPSA) is 72.5 Å². The van der Waals surface area contributed by atoms with Gasteiger partial charge in [-0.1, -0.05) is 12.1 Å². The van der Waals surface area contributed by atoms with E-state index in [0.717, 1.165) is 5.56 Å². The van der Waals surface area contributed by atoms with Gasteiger partial charge in [-0.2, -0.15) is 0 Å². The molecular weight excluding hydrogens is 182 g/mol. The van der Waals surface area contributed by atoms with Crippen LogP contribution in [0, 0.1) is 0 Å². The van der Waals surface area contributed by atoms with E-state index < -0.39 is 5.97 Å². The normalized spacial score (nSPS) is 12.1. The van der Waals surface area contributed by atoms with Gasteiger partial charge in [-0.05, 0) is 24.6 Å². The van der Waals surface area contributed by atoms with Gasteiger partial charge in [-0.15, -0.1) is 0 Å². The van der Waals surface area contributed by atoms with Gasteiger partial charge in [0.05, 0.1) is 0 Å². The molecule has 0 aliphatic rings. The largest absolute Gasteiger partial charge is 0.482 e. The van der Waals surface area contributed by atoms with Crippen LogP contribution in [0.4, 0.5) is 0 Å². The summed E-state index contributed by atoms with van der Waals surface area (Å²) in [6.07, 6.45) is 0. The number of aliphatic carboxylic acids is 1. The molecule has 76 valence electrons. The Balaban J connectivity index is 2.68. The second kappa shape index (κ2) is 4.62. The fraction of sp³-hybridized carbons (Fsp3) is 0.300. The number of carboxylic acids is 1. The lowest BCUT2D eigenvalue weighted by atomic mass is 10.1. The van der Waals surface area contributed by atoms with Crippen molar-refractivity contribution in [1.29, 1.82) is 0 Å². The highest BCUT2D eigenvalue weighted by Crippen LogP contribution is 2.17. The SMILES string of the molecule is CC(N)c1cccc(OCC(=O)O)c1. The summed E-state index contributed by atoms with van der Waals surface area (Å²) in [6, 6.07) is 7.03. The summed E-state index contributed by atoms with van der Waals surface area (Å²) < 4.78 is 5.00. The van der Waals surface area contributed by atoms with Gasteiger partial charge < -0.3 is 15.6 Å². The van der Waals surface area contributed by atoms with Crippen molar-refractivity contribution in [2.45, 2.75) is 13.0 Å². The second-order valence-electron chi connectivity index (χ2n) is 3.04. The average molecular weight is 195 g/mol. The molecule has 0 saturated carbocycles. The van der Waals surface area contributed by atoms with Gasteiger partial charge >= 0.3 is 5.97 Å². The summed E-state index contributed by atoms with van der Waals surface area (Å²) in [5.41, 5.74) is 6.59. The summed E-state index contributed by atoms with van der Waals surface area (Å²) >= 11 is 0. The minimum Gasteiger partial charge on any atom is -0.482 e. The minimum atomic E-state index is -0.990. The van der Waals surface area contributed by atoms with Gasteiger partial charge in [0, 0.05) is 6.04 Å². The van der Waals surface area contributed by atoms with Crippen LogP contribution in [0.2, 0.25) is 0 Å². The van der Waals surface area contributed by atoms with Crippen molar-refractivity contribution < 1.29 is 14.6 Å². The molecule has 1 unspecified atom stereocenters. The van der Waals surface area contributed by atoms with Gasteiger partial charge in [0.15, 0.2) is 6.61 Å². The van der Waals surface area contributed by atoms with Crippen molar-refractivity contribution in [2.75, 3.05) is 6.61 Å². The van der Waals surface area contributed by atoms with Gasteiger partial charge in [0.25, 0.3) is 0 Å². The van der Waals surface area contributed by atoms with E-state index in [0.29, 0.717) is 5.75 Å². The molecule has 1 aromatic rings. The Morgan fingerprint density at radius 1 is 1.64 bits per heavy atom. The maximum absolute atomic E-state index is 10.2. The molecular formula is C10H13NO3. The zero-order valence-corrected chi connectivity index (χ0v) is 7.93. The molecule has 0 aliphatic carbocycles. The lowest BCUT2D eigenvalue weighted by molar-refractivity contribution is -0.139. The van der Waals surface area contributed by atoms with Crippen LogP contribution >= 0.6 is 0 Å². The Morgan fingerprint density at radius 2 is 2.36 bits per heavy atom. The number of benzene rings is 1. The zero-order valence-electron chi connectivity index (χ0n) is 7.93. The van der Waals surface area contributed by atoms with Crippen LogP contribution in [0.15, 0.2) is 24.3 Å². The summed E-state index contributed by atoms with van der Waals surface area (Å²) in [5.74, 6) is -0.460. The molecule has 1 atom stereocenters. The third-order valence-corrected chi connectivity index (χ3v) is 1.75. The highest BCUT2D eigenvalue weighted by Gasteiger charge is 2.02. The van der Waals surface area contributed by atoms with E-state index >= 15 is 0 Å². The van der Waals surface area contributed by atoms with Crippen LogP contribution in [0.1, 0.15) is 18.5 Å². The van der Waals surface area contributed by atoms with Crippen LogP contribution < -0.4 is 10.5 Å². The molecule has 0 aliphatic heterocycles. The first-order chi connectivity index (χ1) is 6.59. The molecule has 14 heavy (non-hydrogen) atoms. The summed E-state index contributed by atoms with van der Waals surface area (Å²) in [4.78, 5) is 10.2. The predicted octanol–water partition coefficient (Wildman–Crippen LogP) is 1.17. The summed E-state index contributed by atoms with van der Waals surface area (Å²) in [7, 11) is 0. The molecule has 1 aromatic carbocycles. The van der Waals surface area contributed by atoms with Crippen LogP contribution in [-0.4, -0.2) is 17.7 Å². The van der Waals surface area contributed by atoms with Crippen molar-refractivity contribution in [1.82, 2.24) is 0 Å². The molecule has 0 amide bonds. The van der Waals surface area contributed by atoms with E-state index in [9.17, 15) is 4.79 Å². The number of hydrogen-bond acceptors (Lipinski definition) is 3. The van der Waals surface area contributed by atoms with E-state index in [1.165, 1.54) is 0 Å². The molecule has 3 N–H and O–H groups in total. The first-order valence-electron chi connectivity index (χ1n) is 4.29. The van der Waals surface area contributed by atoms with Crippen molar-refractivity contribution >= 4 is 5.97 Å². The fourth-order valence-electron chi connectivity index (χ4n) is 1.03. The van der Waals surface area contributed by atoms with Gasteiger partial charge in [0.2, 0.25) is 0 Å². The number of carboxylic acid groups (broad SMARTS) is 1. The molecule has 0 heterocycles. The molecule has 0 spiro atoms. The molecule has 4 heteroatoms. The quantitative estimate of drug-likeness (QED) is 0.756. The summed E-state index contributed by atoms with van der Waals surface area (Å²) in [5, 5.41) is 8.40. The summed E-state index contributed by atoms with van der Waals surface area (Å²) in [6.45, 7) is 1.53. The zero-order chi connectivity index (χ0) is 10.6. The van der Waals surface area contributed by atoms with Crippen LogP contribution in [0.25, 0.3) is 0 Å². The number of nitrogens with two attached hydrogens (primary N) is 1. The van der Waals surface area contributed by atoms with E-state index in [2.05, 4.69) is 0 Å². The number of carbonyl (C=O) groups is 1. The van der Waals surface area contributed by atoms with E-state index in [1.54, 1.807) is 18.2 Å². The standard InChI is InChI=1S/C10H13NO3/c1-7(11)8-3-2-4-9(5-8)14-6-10(12)13/h2-5,7H,6,11H2,1H3,(H,12,13). The first-order valence-corrected chi connectivity index (χ1v) is 4.29. The first kappa shape index (κ1) is 10.5. The highest BCUT2D eigenvalue weighted by atomic mass is 16.5. The van der Waals surface area contributed by atoms with Gasteiger partial charge in [0.1, 0.15) is 5.75 Å². The molecule has 0 bridgehead atoms. The average Bonchev–Trinajstić information content (AvgIpc) is 2.15. The Labute approximate surface area is 82.3 Å². The molecule has 0 fully saturated rings. The number of rotatable bonds is 4.